The number of ether oxygens (including phenoxy) is 1. The molecule has 5 heterocycles. The average molecular weight is 459 g/mol. The fourth-order valence-electron chi connectivity index (χ4n) is 4.51. The fraction of sp³-hybridized carbons (Fsp3) is 0.435. The monoisotopic (exact) mass is 458 g/mol. The Morgan fingerprint density at radius 1 is 1.13 bits per heavy atom. The second kappa shape index (κ2) is 9.32. The molecule has 0 saturated carbocycles. The van der Waals surface area contributed by atoms with Crippen LogP contribution in [-0.2, 0) is 22.5 Å². The average Bonchev–Trinajstić information content (AvgIpc) is 3.55. The minimum Gasteiger partial charge on any atom is -0.377 e. The summed E-state index contributed by atoms with van der Waals surface area (Å²) >= 11 is 5.32. The largest absolute Gasteiger partial charge is 0.377 e. The Balaban J connectivity index is 1.35. The van der Waals surface area contributed by atoms with Crippen LogP contribution in [0.1, 0.15) is 39.1 Å². The topological polar surface area (TPSA) is 32.8 Å². The molecule has 0 aromatic carbocycles. The van der Waals surface area contributed by atoms with Crippen LogP contribution in [0, 0.1) is 0 Å². The third-order valence-corrected chi connectivity index (χ3v) is 8.69. The predicted octanol–water partition coefficient (Wildman–Crippen LogP) is 5.03. The lowest BCUT2D eigenvalue weighted by molar-refractivity contribution is -0.135. The van der Waals surface area contributed by atoms with E-state index in [9.17, 15) is 4.79 Å². The van der Waals surface area contributed by atoms with Crippen molar-refractivity contribution in [1.29, 1.82) is 0 Å². The Kier molecular flexibility index (Phi) is 6.34. The van der Waals surface area contributed by atoms with Crippen LogP contribution in [0.25, 0.3) is 0 Å². The normalized spacial score (nSPS) is 21.3. The SMILES string of the molecule is O=C(CN(Cc1cccs1)C[C@@H]1CCCO1)N1CCc2sccc2[C@@H]1c1cccs1. The highest BCUT2D eigenvalue weighted by Crippen LogP contribution is 2.39. The van der Waals surface area contributed by atoms with Gasteiger partial charge in [-0.3, -0.25) is 9.69 Å². The summed E-state index contributed by atoms with van der Waals surface area (Å²) in [5, 5.41) is 6.38. The molecule has 3 aromatic heterocycles. The summed E-state index contributed by atoms with van der Waals surface area (Å²) in [4.78, 5) is 22.0. The van der Waals surface area contributed by atoms with Crippen molar-refractivity contribution in [2.45, 2.75) is 38.0 Å². The van der Waals surface area contributed by atoms with Gasteiger partial charge in [-0.15, -0.1) is 34.0 Å². The molecule has 0 spiro atoms. The second-order valence-corrected chi connectivity index (χ2v) is 11.0. The van der Waals surface area contributed by atoms with Crippen molar-refractivity contribution in [1.82, 2.24) is 9.80 Å². The van der Waals surface area contributed by atoms with E-state index in [4.69, 9.17) is 4.74 Å². The lowest BCUT2D eigenvalue weighted by Crippen LogP contribution is -2.46. The van der Waals surface area contributed by atoms with E-state index in [-0.39, 0.29) is 18.1 Å². The van der Waals surface area contributed by atoms with Crippen molar-refractivity contribution in [3.8, 4) is 0 Å². The predicted molar refractivity (Wildman–Crippen MR) is 124 cm³/mol. The summed E-state index contributed by atoms with van der Waals surface area (Å²) in [6.45, 7) is 3.72. The molecule has 1 amide bonds. The number of fused-ring (bicyclic) bond motifs is 1. The number of nitrogens with zero attached hydrogens (tertiary/aromatic N) is 2. The Morgan fingerprint density at radius 3 is 2.80 bits per heavy atom. The second-order valence-electron chi connectivity index (χ2n) is 7.94. The van der Waals surface area contributed by atoms with E-state index >= 15 is 0 Å². The summed E-state index contributed by atoms with van der Waals surface area (Å²) in [5.41, 5.74) is 1.31. The van der Waals surface area contributed by atoms with Crippen LogP contribution >= 0.6 is 34.0 Å². The zero-order valence-electron chi connectivity index (χ0n) is 16.9. The van der Waals surface area contributed by atoms with Gasteiger partial charge in [0.25, 0.3) is 0 Å². The zero-order chi connectivity index (χ0) is 20.3. The molecular weight excluding hydrogens is 432 g/mol. The van der Waals surface area contributed by atoms with Crippen molar-refractivity contribution >= 4 is 39.9 Å². The van der Waals surface area contributed by atoms with Crippen molar-refractivity contribution in [2.75, 3.05) is 26.2 Å². The van der Waals surface area contributed by atoms with Crippen molar-refractivity contribution < 1.29 is 9.53 Å². The van der Waals surface area contributed by atoms with Gasteiger partial charge >= 0.3 is 0 Å². The highest BCUT2D eigenvalue weighted by molar-refractivity contribution is 7.10. The van der Waals surface area contributed by atoms with Crippen molar-refractivity contribution in [2.24, 2.45) is 0 Å². The summed E-state index contributed by atoms with van der Waals surface area (Å²) < 4.78 is 5.89. The number of hydrogen-bond acceptors (Lipinski definition) is 6. The molecule has 2 atom stereocenters. The lowest BCUT2D eigenvalue weighted by Gasteiger charge is -2.37. The van der Waals surface area contributed by atoms with Crippen molar-refractivity contribution in [3.63, 3.8) is 0 Å². The standard InChI is InChI=1S/C23H26N2O2S3/c26-22(16-24(14-17-4-1-10-27-17)15-18-5-2-11-28-18)25-9-7-20-19(8-13-30-20)23(25)21-6-3-12-29-21/h2-3,5-6,8,11-13,17,23H,1,4,7,9-10,14-16H2/t17-,23+/m0/s1. The summed E-state index contributed by atoms with van der Waals surface area (Å²) in [6.07, 6.45) is 3.42. The highest BCUT2D eigenvalue weighted by atomic mass is 32.1. The third kappa shape index (κ3) is 4.41. The molecule has 1 saturated heterocycles. The molecule has 0 bridgehead atoms. The van der Waals surface area contributed by atoms with E-state index in [0.29, 0.717) is 6.54 Å². The van der Waals surface area contributed by atoms with Crippen LogP contribution in [-0.4, -0.2) is 48.1 Å². The quantitative estimate of drug-likeness (QED) is 0.498. The molecule has 30 heavy (non-hydrogen) atoms. The Morgan fingerprint density at radius 2 is 2.03 bits per heavy atom. The number of carbonyl (C=O) groups is 1. The van der Waals surface area contributed by atoms with E-state index in [1.165, 1.54) is 20.2 Å². The van der Waals surface area contributed by atoms with E-state index in [0.717, 1.165) is 45.5 Å². The Labute approximate surface area is 189 Å². The fourth-order valence-corrected chi connectivity index (χ4v) is 7.01. The van der Waals surface area contributed by atoms with Gasteiger partial charge in [0.2, 0.25) is 5.91 Å². The molecule has 0 N–H and O–H groups in total. The first-order valence-corrected chi connectivity index (χ1v) is 13.2. The molecular formula is C23H26N2O2S3. The minimum atomic E-state index is 0.0545. The van der Waals surface area contributed by atoms with Gasteiger partial charge in [-0.05, 0) is 59.2 Å². The van der Waals surface area contributed by atoms with Crippen LogP contribution in [0.15, 0.2) is 46.5 Å². The molecule has 1 fully saturated rings. The van der Waals surface area contributed by atoms with Crippen LogP contribution in [0.4, 0.5) is 0 Å². The number of carbonyl (C=O) groups excluding carboxylic acids is 1. The van der Waals surface area contributed by atoms with E-state index in [1.54, 1.807) is 22.7 Å². The number of thiophene rings is 3. The zero-order valence-corrected chi connectivity index (χ0v) is 19.3. The first-order chi connectivity index (χ1) is 14.8. The summed E-state index contributed by atoms with van der Waals surface area (Å²) in [7, 11) is 0. The highest BCUT2D eigenvalue weighted by Gasteiger charge is 2.34. The maximum Gasteiger partial charge on any atom is 0.237 e. The molecule has 0 radical (unpaired) electrons. The van der Waals surface area contributed by atoms with Gasteiger partial charge in [0.15, 0.2) is 0 Å². The van der Waals surface area contributed by atoms with Gasteiger partial charge in [0.1, 0.15) is 0 Å². The van der Waals surface area contributed by atoms with Gasteiger partial charge in [-0.1, -0.05) is 12.1 Å². The molecule has 7 heteroatoms. The van der Waals surface area contributed by atoms with Crippen LogP contribution in [0.2, 0.25) is 0 Å². The lowest BCUT2D eigenvalue weighted by atomic mass is 9.98. The molecule has 5 rings (SSSR count). The van der Waals surface area contributed by atoms with Gasteiger partial charge in [0, 0.05) is 40.9 Å². The van der Waals surface area contributed by atoms with Crippen LogP contribution in [0.3, 0.4) is 0 Å². The Hall–Kier alpha value is -1.51. The molecule has 3 aromatic rings. The molecule has 0 aliphatic carbocycles. The van der Waals surface area contributed by atoms with Gasteiger partial charge in [-0.25, -0.2) is 0 Å². The number of amides is 1. The van der Waals surface area contributed by atoms with Gasteiger partial charge in [0.05, 0.1) is 18.7 Å². The molecule has 2 aliphatic heterocycles. The van der Waals surface area contributed by atoms with Crippen LogP contribution < -0.4 is 0 Å². The van der Waals surface area contributed by atoms with E-state index < -0.39 is 0 Å². The Bertz CT molecular complexity index is 945. The van der Waals surface area contributed by atoms with Gasteiger partial charge in [-0.2, -0.15) is 0 Å². The smallest absolute Gasteiger partial charge is 0.237 e. The van der Waals surface area contributed by atoms with E-state index in [2.05, 4.69) is 56.3 Å². The maximum atomic E-state index is 13.6. The number of rotatable bonds is 7. The van der Waals surface area contributed by atoms with Crippen molar-refractivity contribution in [3.05, 3.63) is 66.7 Å². The maximum absolute atomic E-state index is 13.6. The summed E-state index contributed by atoms with van der Waals surface area (Å²) in [5.74, 6) is 0.222. The van der Waals surface area contributed by atoms with E-state index in [1.807, 2.05) is 11.3 Å². The number of hydrogen-bond donors (Lipinski definition) is 0. The molecule has 158 valence electrons. The van der Waals surface area contributed by atoms with Gasteiger partial charge < -0.3 is 9.64 Å². The first-order valence-electron chi connectivity index (χ1n) is 10.5. The third-order valence-electron chi connectivity index (χ3n) is 5.90. The summed E-state index contributed by atoms with van der Waals surface area (Å²) in [6, 6.07) is 10.8. The molecule has 0 unspecified atom stereocenters. The minimum absolute atomic E-state index is 0.0545. The molecule has 2 aliphatic rings. The first kappa shape index (κ1) is 20.4. The van der Waals surface area contributed by atoms with Crippen LogP contribution in [0.5, 0.6) is 0 Å². The molecule has 4 nitrogen and oxygen atoms in total.